The van der Waals surface area contributed by atoms with Crippen molar-refractivity contribution in [2.75, 3.05) is 4.90 Å². The van der Waals surface area contributed by atoms with E-state index in [0.717, 1.165) is 17.1 Å². The van der Waals surface area contributed by atoms with Crippen LogP contribution in [0.1, 0.15) is 30.5 Å². The number of benzene rings is 1. The molecule has 0 saturated heterocycles. The minimum absolute atomic E-state index is 1.06. The normalized spacial score (nSPS) is 12.9. The summed E-state index contributed by atoms with van der Waals surface area (Å²) in [5.74, 6) is 0. The van der Waals surface area contributed by atoms with Crippen molar-refractivity contribution in [2.24, 2.45) is 0 Å². The molecule has 0 aliphatic rings. The molecule has 1 heteroatoms. The third-order valence-electron chi connectivity index (χ3n) is 3.94. The molecule has 1 nitrogen and oxygen atoms in total. The predicted molar refractivity (Wildman–Crippen MR) is 109 cm³/mol. The van der Waals surface area contributed by atoms with Crippen LogP contribution in [0.3, 0.4) is 0 Å². The quantitative estimate of drug-likeness (QED) is 0.505. The summed E-state index contributed by atoms with van der Waals surface area (Å²) < 4.78 is 0. The van der Waals surface area contributed by atoms with Gasteiger partial charge in [-0.15, -0.1) is 0 Å². The molecule has 0 aliphatic carbocycles. The van der Waals surface area contributed by atoms with Gasteiger partial charge in [0.05, 0.1) is 0 Å². The first-order chi connectivity index (χ1) is 11.5. The summed E-state index contributed by atoms with van der Waals surface area (Å²) in [4.78, 5) is 2.22. The Morgan fingerprint density at radius 3 is 1.58 bits per heavy atom. The van der Waals surface area contributed by atoms with Gasteiger partial charge in [0, 0.05) is 17.1 Å². The second-order valence-corrected chi connectivity index (χ2v) is 5.69. The molecule has 0 amide bonds. The second-order valence-electron chi connectivity index (χ2n) is 5.69. The van der Waals surface area contributed by atoms with Crippen molar-refractivity contribution in [1.82, 2.24) is 0 Å². The van der Waals surface area contributed by atoms with Crippen molar-refractivity contribution in [2.45, 2.75) is 34.6 Å². The van der Waals surface area contributed by atoms with E-state index in [1.54, 1.807) is 0 Å². The van der Waals surface area contributed by atoms with Gasteiger partial charge in [0.2, 0.25) is 0 Å². The minimum atomic E-state index is 1.06. The van der Waals surface area contributed by atoms with Crippen LogP contribution < -0.4 is 4.90 Å². The van der Waals surface area contributed by atoms with Crippen molar-refractivity contribution in [1.29, 1.82) is 0 Å². The van der Waals surface area contributed by atoms with Gasteiger partial charge in [0.1, 0.15) is 0 Å². The van der Waals surface area contributed by atoms with Gasteiger partial charge in [0.15, 0.2) is 0 Å². The van der Waals surface area contributed by atoms with Crippen LogP contribution in [0.5, 0.6) is 0 Å². The largest absolute Gasteiger partial charge is 0.311 e. The molecule has 0 atom stereocenters. The van der Waals surface area contributed by atoms with Crippen LogP contribution in [0.15, 0.2) is 85.3 Å². The van der Waals surface area contributed by atoms with E-state index in [-0.39, 0.29) is 0 Å². The van der Waals surface area contributed by atoms with Gasteiger partial charge in [-0.25, -0.2) is 0 Å². The zero-order chi connectivity index (χ0) is 18.1. The Hall–Kier alpha value is -2.54. The van der Waals surface area contributed by atoms with E-state index in [9.17, 15) is 0 Å². The van der Waals surface area contributed by atoms with Crippen molar-refractivity contribution in [3.05, 3.63) is 102 Å². The first kappa shape index (κ1) is 19.5. The van der Waals surface area contributed by atoms with Gasteiger partial charge in [-0.05, 0) is 87.7 Å². The zero-order valence-corrected chi connectivity index (χ0v) is 15.6. The minimum Gasteiger partial charge on any atom is -0.311 e. The smallest absolute Gasteiger partial charge is 0.0467 e. The topological polar surface area (TPSA) is 3.24 Å². The summed E-state index contributed by atoms with van der Waals surface area (Å²) in [6.45, 7) is 18.2. The fourth-order valence-corrected chi connectivity index (χ4v) is 2.58. The molecule has 1 aromatic carbocycles. The number of allylic oxidation sites excluding steroid dienone is 8. The van der Waals surface area contributed by atoms with E-state index in [2.05, 4.69) is 63.1 Å². The summed E-state index contributed by atoms with van der Waals surface area (Å²) in [6, 6.07) is 4.45. The molecule has 0 heterocycles. The molecule has 0 radical (unpaired) electrons. The van der Waals surface area contributed by atoms with Gasteiger partial charge in [0.25, 0.3) is 0 Å². The monoisotopic (exact) mass is 319 g/mol. The zero-order valence-electron chi connectivity index (χ0n) is 15.6. The van der Waals surface area contributed by atoms with Crippen LogP contribution >= 0.6 is 0 Å². The van der Waals surface area contributed by atoms with Gasteiger partial charge < -0.3 is 4.90 Å². The standard InChI is InChI=1S/C23H29N/c1-8-12-21(13-9-2)24(22(14-10-3)15-11-4)23-16-18(5)20(7)19(6)17-23/h8-17H,1,3H2,2,4-7H3/b13-9-,15-11-,21-12+,22-14+. The lowest BCUT2D eigenvalue weighted by molar-refractivity contribution is 1.12. The van der Waals surface area contributed by atoms with E-state index >= 15 is 0 Å². The lowest BCUT2D eigenvalue weighted by atomic mass is 10.0. The number of hydrogen-bond acceptors (Lipinski definition) is 1. The van der Waals surface area contributed by atoms with Crippen LogP contribution in [0, 0.1) is 20.8 Å². The molecule has 0 unspecified atom stereocenters. The van der Waals surface area contributed by atoms with Crippen LogP contribution in [0.2, 0.25) is 0 Å². The maximum Gasteiger partial charge on any atom is 0.0467 e. The first-order valence-electron chi connectivity index (χ1n) is 8.28. The summed E-state index contributed by atoms with van der Waals surface area (Å²) >= 11 is 0. The molecule has 1 rings (SSSR count). The highest BCUT2D eigenvalue weighted by atomic mass is 15.1. The number of aryl methyl sites for hydroxylation is 2. The maximum absolute atomic E-state index is 3.86. The first-order valence-corrected chi connectivity index (χ1v) is 8.28. The van der Waals surface area contributed by atoms with Crippen LogP contribution in [-0.2, 0) is 0 Å². The fraction of sp³-hybridized carbons (Fsp3) is 0.217. The Kier molecular flexibility index (Phi) is 7.77. The molecule has 0 N–H and O–H groups in total. The lowest BCUT2D eigenvalue weighted by Gasteiger charge is -2.28. The third-order valence-corrected chi connectivity index (χ3v) is 3.94. The highest BCUT2D eigenvalue weighted by Gasteiger charge is 2.15. The molecule has 126 valence electrons. The summed E-state index contributed by atoms with van der Waals surface area (Å²) in [6.07, 6.45) is 15.9. The fourth-order valence-electron chi connectivity index (χ4n) is 2.58. The molecular formula is C23H29N. The SMILES string of the molecule is C=C/C=C(\C=C/C)N(C(/C=C\C)=C/C=C)c1cc(C)c(C)c(C)c1. The molecule has 0 aliphatic heterocycles. The van der Waals surface area contributed by atoms with E-state index in [1.165, 1.54) is 16.7 Å². The molecule has 1 aromatic rings. The van der Waals surface area contributed by atoms with Crippen LogP contribution in [0.25, 0.3) is 0 Å². The van der Waals surface area contributed by atoms with E-state index in [4.69, 9.17) is 0 Å². The number of nitrogens with zero attached hydrogens (tertiary/aromatic N) is 1. The van der Waals surface area contributed by atoms with Crippen molar-refractivity contribution in [3.8, 4) is 0 Å². The highest BCUT2D eigenvalue weighted by molar-refractivity contribution is 5.66. The molecule has 0 fully saturated rings. The Morgan fingerprint density at radius 1 is 0.833 bits per heavy atom. The molecular weight excluding hydrogens is 290 g/mol. The lowest BCUT2D eigenvalue weighted by Crippen LogP contribution is -2.20. The Labute approximate surface area is 147 Å². The molecule has 0 saturated carbocycles. The summed E-state index contributed by atoms with van der Waals surface area (Å²) in [5, 5.41) is 0. The number of anilines is 1. The molecule has 0 spiro atoms. The molecule has 0 aromatic heterocycles. The predicted octanol–water partition coefficient (Wildman–Crippen LogP) is 6.71. The van der Waals surface area contributed by atoms with Crippen molar-refractivity contribution in [3.63, 3.8) is 0 Å². The van der Waals surface area contributed by atoms with E-state index in [0.29, 0.717) is 0 Å². The van der Waals surface area contributed by atoms with Gasteiger partial charge in [-0.1, -0.05) is 37.5 Å². The average molecular weight is 319 g/mol. The Morgan fingerprint density at radius 2 is 1.25 bits per heavy atom. The molecule has 24 heavy (non-hydrogen) atoms. The van der Waals surface area contributed by atoms with Crippen molar-refractivity contribution >= 4 is 5.69 Å². The maximum atomic E-state index is 3.86. The van der Waals surface area contributed by atoms with Crippen molar-refractivity contribution < 1.29 is 0 Å². The highest BCUT2D eigenvalue weighted by Crippen LogP contribution is 2.30. The molecule has 0 bridgehead atoms. The third kappa shape index (κ3) is 4.73. The summed E-state index contributed by atoms with van der Waals surface area (Å²) in [7, 11) is 0. The van der Waals surface area contributed by atoms with E-state index in [1.807, 2.05) is 50.3 Å². The van der Waals surface area contributed by atoms with Crippen LogP contribution in [0.4, 0.5) is 5.69 Å². The summed E-state index contributed by atoms with van der Waals surface area (Å²) in [5.41, 5.74) is 7.15. The van der Waals surface area contributed by atoms with Gasteiger partial charge >= 0.3 is 0 Å². The Balaban J connectivity index is 3.70. The van der Waals surface area contributed by atoms with Gasteiger partial charge in [-0.3, -0.25) is 0 Å². The number of rotatable bonds is 7. The average Bonchev–Trinajstić information content (AvgIpc) is 2.53. The Bertz CT molecular complexity index is 655. The van der Waals surface area contributed by atoms with Gasteiger partial charge in [-0.2, -0.15) is 0 Å². The van der Waals surface area contributed by atoms with Crippen LogP contribution in [-0.4, -0.2) is 0 Å². The van der Waals surface area contributed by atoms with E-state index < -0.39 is 0 Å². The number of hydrogen-bond donors (Lipinski definition) is 0. The second kappa shape index (κ2) is 9.57.